The van der Waals surface area contributed by atoms with Crippen LogP contribution in [0, 0.1) is 0 Å². The van der Waals surface area contributed by atoms with E-state index in [0.717, 1.165) is 57.5 Å². The van der Waals surface area contributed by atoms with Gasteiger partial charge in [-0.25, -0.2) is 4.79 Å². The number of carbonyl (C=O) groups is 2. The quantitative estimate of drug-likeness (QED) is 0.751. The highest BCUT2D eigenvalue weighted by atomic mass is 16.3. The molecule has 1 atom stereocenters. The van der Waals surface area contributed by atoms with Crippen LogP contribution in [0.1, 0.15) is 39.0 Å². The van der Waals surface area contributed by atoms with Gasteiger partial charge < -0.3 is 15.3 Å². The minimum Gasteiger partial charge on any atom is -0.508 e. The molecule has 1 aliphatic carbocycles. The molecule has 1 heterocycles. The maximum atomic E-state index is 12.4. The zero-order valence-electron chi connectivity index (χ0n) is 16.0. The lowest BCUT2D eigenvalue weighted by atomic mass is 9.96. The Kier molecular flexibility index (Phi) is 6.55. The highest BCUT2D eigenvalue weighted by Crippen LogP contribution is 2.20. The molecule has 0 radical (unpaired) electrons. The van der Waals surface area contributed by atoms with E-state index in [1.165, 1.54) is 6.42 Å². The highest BCUT2D eigenvalue weighted by Gasteiger charge is 2.27. The number of nitrogens with zero attached hydrogens (tertiary/aromatic N) is 2. The Hall–Kier alpha value is -2.28. The van der Waals surface area contributed by atoms with Gasteiger partial charge in [0.25, 0.3) is 0 Å². The predicted octanol–water partition coefficient (Wildman–Crippen LogP) is 2.06. The van der Waals surface area contributed by atoms with Crippen LogP contribution in [0.4, 0.5) is 10.5 Å². The second-order valence-corrected chi connectivity index (χ2v) is 7.51. The Bertz CT molecular complexity index is 635. The molecule has 1 aromatic carbocycles. The molecule has 7 nitrogen and oxygen atoms in total. The first-order valence-electron chi connectivity index (χ1n) is 9.92. The monoisotopic (exact) mass is 374 g/mol. The Morgan fingerprint density at radius 3 is 2.30 bits per heavy atom. The molecular formula is C20H30N4O3. The van der Waals surface area contributed by atoms with Gasteiger partial charge in [-0.1, -0.05) is 19.3 Å². The maximum Gasteiger partial charge on any atom is 0.321 e. The van der Waals surface area contributed by atoms with Gasteiger partial charge >= 0.3 is 6.03 Å². The number of phenolic OH excluding ortho intramolecular Hbond substituents is 1. The lowest BCUT2D eigenvalue weighted by Gasteiger charge is -2.38. The van der Waals surface area contributed by atoms with Crippen LogP contribution in [0.5, 0.6) is 5.75 Å². The summed E-state index contributed by atoms with van der Waals surface area (Å²) in [7, 11) is 0. The minimum atomic E-state index is -0.374. The van der Waals surface area contributed by atoms with Crippen LogP contribution in [-0.2, 0) is 4.79 Å². The molecule has 1 aromatic rings. The van der Waals surface area contributed by atoms with Crippen molar-refractivity contribution < 1.29 is 14.7 Å². The molecule has 0 unspecified atom stereocenters. The van der Waals surface area contributed by atoms with E-state index in [-0.39, 0.29) is 29.8 Å². The van der Waals surface area contributed by atoms with Gasteiger partial charge in [-0.2, -0.15) is 0 Å². The summed E-state index contributed by atoms with van der Waals surface area (Å²) in [5.74, 6) is 0.00979. The van der Waals surface area contributed by atoms with Crippen molar-refractivity contribution in [3.8, 4) is 5.75 Å². The van der Waals surface area contributed by atoms with Gasteiger partial charge in [0, 0.05) is 37.9 Å². The van der Waals surface area contributed by atoms with Gasteiger partial charge in [0.15, 0.2) is 0 Å². The predicted molar refractivity (Wildman–Crippen MR) is 105 cm³/mol. The van der Waals surface area contributed by atoms with E-state index >= 15 is 0 Å². The lowest BCUT2D eigenvalue weighted by Crippen LogP contribution is -2.56. The Labute approximate surface area is 160 Å². The zero-order valence-corrected chi connectivity index (χ0v) is 16.0. The van der Waals surface area contributed by atoms with Crippen LogP contribution in [-0.4, -0.2) is 60.2 Å². The first-order valence-corrected chi connectivity index (χ1v) is 9.92. The fourth-order valence-corrected chi connectivity index (χ4v) is 3.88. The number of phenols is 1. The lowest BCUT2D eigenvalue weighted by molar-refractivity contribution is -0.124. The molecule has 2 fully saturated rings. The summed E-state index contributed by atoms with van der Waals surface area (Å²) in [6.07, 6.45) is 5.50. The second kappa shape index (κ2) is 9.08. The van der Waals surface area contributed by atoms with Gasteiger partial charge in [-0.3, -0.25) is 15.0 Å². The first kappa shape index (κ1) is 19.5. The van der Waals surface area contributed by atoms with Gasteiger partial charge in [0.1, 0.15) is 5.75 Å². The minimum absolute atomic E-state index is 0.190. The Morgan fingerprint density at radius 2 is 1.67 bits per heavy atom. The van der Waals surface area contributed by atoms with Crippen LogP contribution in [0.2, 0.25) is 0 Å². The third-order valence-corrected chi connectivity index (χ3v) is 5.63. The average molecular weight is 374 g/mol. The molecule has 3 amide bonds. The normalized spacial score (nSPS) is 20.1. The van der Waals surface area contributed by atoms with Gasteiger partial charge in [0.05, 0.1) is 6.04 Å². The van der Waals surface area contributed by atoms with E-state index in [4.69, 9.17) is 0 Å². The fraction of sp³-hybridized carbons (Fsp3) is 0.600. The van der Waals surface area contributed by atoms with Crippen LogP contribution >= 0.6 is 0 Å². The molecule has 1 saturated carbocycles. The fourth-order valence-electron chi connectivity index (χ4n) is 3.88. The van der Waals surface area contributed by atoms with Crippen molar-refractivity contribution >= 4 is 17.6 Å². The number of aromatic hydroxyl groups is 1. The summed E-state index contributed by atoms with van der Waals surface area (Å²) in [5, 5.41) is 14.8. The van der Waals surface area contributed by atoms with Crippen LogP contribution in [0.15, 0.2) is 24.3 Å². The molecule has 0 bridgehead atoms. The molecular weight excluding hydrogens is 344 g/mol. The van der Waals surface area contributed by atoms with Gasteiger partial charge in [0.2, 0.25) is 5.91 Å². The summed E-state index contributed by atoms with van der Waals surface area (Å²) in [4.78, 5) is 28.8. The summed E-state index contributed by atoms with van der Waals surface area (Å²) < 4.78 is 0. The van der Waals surface area contributed by atoms with Crippen molar-refractivity contribution in [3.63, 3.8) is 0 Å². The van der Waals surface area contributed by atoms with Crippen molar-refractivity contribution in [2.24, 2.45) is 0 Å². The number of urea groups is 1. The van der Waals surface area contributed by atoms with E-state index < -0.39 is 0 Å². The van der Waals surface area contributed by atoms with Crippen molar-refractivity contribution in [1.29, 1.82) is 0 Å². The summed E-state index contributed by atoms with van der Waals surface area (Å²) >= 11 is 0. The molecule has 148 valence electrons. The Morgan fingerprint density at radius 1 is 1.04 bits per heavy atom. The molecule has 0 spiro atoms. The molecule has 3 rings (SSSR count). The number of amides is 3. The number of nitrogens with one attached hydrogen (secondary N) is 2. The number of rotatable bonds is 4. The molecule has 2 aliphatic rings. The first-order chi connectivity index (χ1) is 13.0. The molecule has 3 N–H and O–H groups in total. The summed E-state index contributed by atoms with van der Waals surface area (Å²) in [6, 6.07) is 6.64. The second-order valence-electron chi connectivity index (χ2n) is 7.51. The van der Waals surface area contributed by atoms with Crippen LogP contribution in [0.25, 0.3) is 0 Å². The number of imide groups is 1. The van der Waals surface area contributed by atoms with Crippen molar-refractivity contribution in [2.75, 3.05) is 31.1 Å². The van der Waals surface area contributed by atoms with E-state index in [9.17, 15) is 14.7 Å². The topological polar surface area (TPSA) is 84.9 Å². The summed E-state index contributed by atoms with van der Waals surface area (Å²) in [6.45, 7) is 4.95. The maximum absolute atomic E-state index is 12.4. The number of benzene rings is 1. The molecule has 1 saturated heterocycles. The largest absolute Gasteiger partial charge is 0.508 e. The SMILES string of the molecule is C[C@H](C(=O)NC(=O)NC1CCCCC1)N1CCN(c2ccc(O)cc2)CC1. The van der Waals surface area contributed by atoms with Crippen LogP contribution in [0.3, 0.4) is 0 Å². The van der Waals surface area contributed by atoms with Gasteiger partial charge in [-0.15, -0.1) is 0 Å². The van der Waals surface area contributed by atoms with Crippen molar-refractivity contribution in [3.05, 3.63) is 24.3 Å². The molecule has 27 heavy (non-hydrogen) atoms. The number of piperazine rings is 1. The van der Waals surface area contributed by atoms with E-state index in [1.807, 2.05) is 19.1 Å². The number of carbonyl (C=O) groups excluding carboxylic acids is 2. The molecule has 7 heteroatoms. The number of hydrogen-bond donors (Lipinski definition) is 3. The molecule has 1 aliphatic heterocycles. The number of anilines is 1. The Balaban J connectivity index is 1.43. The highest BCUT2D eigenvalue weighted by molar-refractivity contribution is 5.96. The van der Waals surface area contributed by atoms with Crippen molar-refractivity contribution in [1.82, 2.24) is 15.5 Å². The smallest absolute Gasteiger partial charge is 0.321 e. The third-order valence-electron chi connectivity index (χ3n) is 5.63. The van der Waals surface area contributed by atoms with Crippen molar-refractivity contribution in [2.45, 2.75) is 51.1 Å². The zero-order chi connectivity index (χ0) is 19.2. The standard InChI is InChI=1S/C20H30N4O3/c1-15(19(26)22-20(27)21-16-5-3-2-4-6-16)23-11-13-24(14-12-23)17-7-9-18(25)10-8-17/h7-10,15-16,25H,2-6,11-14H2,1H3,(H2,21,22,26,27)/t15-/m1/s1. The van der Waals surface area contributed by atoms with Gasteiger partial charge in [-0.05, 0) is 44.0 Å². The summed E-state index contributed by atoms with van der Waals surface area (Å²) in [5.41, 5.74) is 1.07. The van der Waals surface area contributed by atoms with E-state index in [0.29, 0.717) is 0 Å². The van der Waals surface area contributed by atoms with E-state index in [2.05, 4.69) is 20.4 Å². The average Bonchev–Trinajstić information content (AvgIpc) is 2.69. The third kappa shape index (κ3) is 5.35. The van der Waals surface area contributed by atoms with E-state index in [1.54, 1.807) is 12.1 Å². The van der Waals surface area contributed by atoms with Crippen LogP contribution < -0.4 is 15.5 Å². The number of hydrogen-bond acceptors (Lipinski definition) is 5. The molecule has 0 aromatic heterocycles.